The molecule has 1 fully saturated rings. The summed E-state index contributed by atoms with van der Waals surface area (Å²) in [4.78, 5) is 19.3. The smallest absolute Gasteiger partial charge is 0.253 e. The average molecular weight is 440 g/mol. The first-order chi connectivity index (χ1) is 14.5. The number of aromatic nitrogens is 1. The largest absolute Gasteiger partial charge is 0.360 e. The molecule has 1 aliphatic rings. The van der Waals surface area contributed by atoms with Crippen LogP contribution >= 0.6 is 23.6 Å². The minimum Gasteiger partial charge on any atom is -0.360 e. The fraction of sp³-hybridized carbons (Fsp3) is 0.417. The number of nitrogens with one attached hydrogen (secondary N) is 2. The quantitative estimate of drug-likeness (QED) is 0.522. The fourth-order valence-corrected chi connectivity index (χ4v) is 5.37. The first kappa shape index (κ1) is 21.1. The number of hydrogen-bond donors (Lipinski definition) is 2. The van der Waals surface area contributed by atoms with Crippen molar-refractivity contribution in [3.05, 3.63) is 67.6 Å². The summed E-state index contributed by atoms with van der Waals surface area (Å²) in [5.41, 5.74) is 3.92. The van der Waals surface area contributed by atoms with Crippen LogP contribution in [0.2, 0.25) is 0 Å². The number of thiocarbonyl (C=S) groups is 1. The van der Waals surface area contributed by atoms with Crippen LogP contribution in [0.4, 0.5) is 0 Å². The van der Waals surface area contributed by atoms with Crippen LogP contribution in [0.15, 0.2) is 40.5 Å². The van der Waals surface area contributed by atoms with Crippen molar-refractivity contribution in [2.75, 3.05) is 0 Å². The van der Waals surface area contributed by atoms with Crippen LogP contribution in [0.3, 0.4) is 0 Å². The predicted octanol–water partition coefficient (Wildman–Crippen LogP) is 5.42. The van der Waals surface area contributed by atoms with Crippen molar-refractivity contribution in [1.29, 1.82) is 0 Å². The lowest BCUT2D eigenvalue weighted by atomic mass is 9.96. The third-order valence-corrected chi connectivity index (χ3v) is 7.12. The van der Waals surface area contributed by atoms with E-state index >= 15 is 0 Å². The molecule has 0 radical (unpaired) electrons. The lowest BCUT2D eigenvalue weighted by Gasteiger charge is -2.30. The predicted molar refractivity (Wildman–Crippen MR) is 130 cm³/mol. The first-order valence-electron chi connectivity index (χ1n) is 10.7. The van der Waals surface area contributed by atoms with E-state index in [-0.39, 0.29) is 5.56 Å². The topological polar surface area (TPSA) is 48.1 Å². The molecule has 0 atom stereocenters. The maximum absolute atomic E-state index is 12.9. The molecule has 1 aromatic carbocycles. The van der Waals surface area contributed by atoms with Gasteiger partial charge in [-0.05, 0) is 73.4 Å². The zero-order chi connectivity index (χ0) is 21.1. The van der Waals surface area contributed by atoms with E-state index in [1.807, 2.05) is 13.0 Å². The third-order valence-electron chi connectivity index (χ3n) is 5.88. The van der Waals surface area contributed by atoms with E-state index in [1.165, 1.54) is 42.5 Å². The van der Waals surface area contributed by atoms with Gasteiger partial charge in [0.25, 0.3) is 5.56 Å². The number of nitrogens with zero attached hydrogens (tertiary/aromatic N) is 1. The Bertz CT molecular complexity index is 1080. The lowest BCUT2D eigenvalue weighted by Crippen LogP contribution is -2.45. The Balaban J connectivity index is 1.61. The van der Waals surface area contributed by atoms with Gasteiger partial charge in [-0.1, -0.05) is 37.0 Å². The van der Waals surface area contributed by atoms with E-state index in [0.717, 1.165) is 27.1 Å². The molecule has 1 saturated carbocycles. The summed E-state index contributed by atoms with van der Waals surface area (Å²) in [6, 6.07) is 10.9. The number of aromatic amines is 1. The van der Waals surface area contributed by atoms with E-state index in [0.29, 0.717) is 19.1 Å². The molecule has 2 N–H and O–H groups in total. The molecule has 3 aromatic rings. The highest BCUT2D eigenvalue weighted by Gasteiger charge is 2.19. The van der Waals surface area contributed by atoms with Crippen molar-refractivity contribution >= 4 is 39.6 Å². The highest BCUT2D eigenvalue weighted by atomic mass is 32.1. The van der Waals surface area contributed by atoms with E-state index < -0.39 is 0 Å². The normalized spacial score (nSPS) is 14.7. The molecule has 0 bridgehead atoms. The van der Waals surface area contributed by atoms with Gasteiger partial charge in [-0.2, -0.15) is 0 Å². The van der Waals surface area contributed by atoms with Gasteiger partial charge >= 0.3 is 0 Å². The molecule has 0 amide bonds. The van der Waals surface area contributed by atoms with Gasteiger partial charge in [-0.3, -0.25) is 4.79 Å². The minimum atomic E-state index is -0.0360. The second-order valence-electron chi connectivity index (χ2n) is 8.39. The second-order valence-corrected chi connectivity index (χ2v) is 9.81. The number of H-pyrrole nitrogens is 1. The molecule has 2 heterocycles. The molecule has 4 nitrogen and oxygen atoms in total. The van der Waals surface area contributed by atoms with Gasteiger partial charge in [0, 0.05) is 16.5 Å². The van der Waals surface area contributed by atoms with Crippen molar-refractivity contribution in [2.45, 2.75) is 65.1 Å². The number of aryl methyl sites for hydroxylation is 2. The van der Waals surface area contributed by atoms with Crippen LogP contribution in [0.1, 0.15) is 53.7 Å². The number of thiophene rings is 1. The number of rotatable bonds is 5. The molecule has 4 rings (SSSR count). The molecule has 1 aliphatic carbocycles. The Labute approximate surface area is 187 Å². The molecular weight excluding hydrogens is 410 g/mol. The molecule has 0 spiro atoms. The van der Waals surface area contributed by atoms with Gasteiger partial charge in [0.1, 0.15) is 0 Å². The molecule has 0 aliphatic heterocycles. The highest BCUT2D eigenvalue weighted by molar-refractivity contribution is 7.80. The average Bonchev–Trinajstić information content (AvgIpc) is 3.22. The van der Waals surface area contributed by atoms with Crippen LogP contribution in [0.5, 0.6) is 0 Å². The summed E-state index contributed by atoms with van der Waals surface area (Å²) in [7, 11) is 0. The molecule has 158 valence electrons. The van der Waals surface area contributed by atoms with Crippen LogP contribution in [0.25, 0.3) is 10.9 Å². The van der Waals surface area contributed by atoms with Crippen LogP contribution < -0.4 is 10.9 Å². The number of benzene rings is 1. The number of hydrogen-bond acceptors (Lipinski definition) is 3. The molecular formula is C24H29N3OS2. The Hall–Kier alpha value is -2.18. The Morgan fingerprint density at radius 2 is 2.00 bits per heavy atom. The van der Waals surface area contributed by atoms with E-state index in [1.54, 1.807) is 11.3 Å². The maximum Gasteiger partial charge on any atom is 0.253 e. The first-order valence-corrected chi connectivity index (χ1v) is 12.0. The molecule has 0 unspecified atom stereocenters. The summed E-state index contributed by atoms with van der Waals surface area (Å²) in [5, 5.41) is 7.48. The summed E-state index contributed by atoms with van der Waals surface area (Å²) in [6.07, 6.45) is 6.17. The van der Waals surface area contributed by atoms with Gasteiger partial charge in [0.2, 0.25) is 0 Å². The molecule has 6 heteroatoms. The third kappa shape index (κ3) is 4.93. The Kier molecular flexibility index (Phi) is 6.54. The van der Waals surface area contributed by atoms with Crippen molar-refractivity contribution < 1.29 is 0 Å². The highest BCUT2D eigenvalue weighted by Crippen LogP contribution is 2.21. The van der Waals surface area contributed by atoms with Crippen molar-refractivity contribution in [1.82, 2.24) is 15.2 Å². The van der Waals surface area contributed by atoms with E-state index in [9.17, 15) is 4.79 Å². The molecule has 0 saturated heterocycles. The van der Waals surface area contributed by atoms with Crippen molar-refractivity contribution in [3.8, 4) is 0 Å². The molecule has 30 heavy (non-hydrogen) atoms. The SMILES string of the molecule is Cc1cc(C)c2[nH]c(=O)c(CN(Cc3cccs3)C(=S)NC3CCCCC3)cc2c1. The zero-order valence-corrected chi connectivity index (χ0v) is 19.3. The lowest BCUT2D eigenvalue weighted by molar-refractivity contribution is 0.364. The fourth-order valence-electron chi connectivity index (χ4n) is 4.36. The summed E-state index contributed by atoms with van der Waals surface area (Å²) in [5.74, 6) is 0. The van der Waals surface area contributed by atoms with Gasteiger partial charge in [0.15, 0.2) is 5.11 Å². The number of fused-ring (bicyclic) bond motifs is 1. The van der Waals surface area contributed by atoms with E-state index in [4.69, 9.17) is 12.2 Å². The van der Waals surface area contributed by atoms with Gasteiger partial charge in [-0.25, -0.2) is 0 Å². The van der Waals surface area contributed by atoms with Gasteiger partial charge in [-0.15, -0.1) is 11.3 Å². The minimum absolute atomic E-state index is 0.0360. The van der Waals surface area contributed by atoms with Crippen LogP contribution in [0, 0.1) is 13.8 Å². The maximum atomic E-state index is 12.9. The van der Waals surface area contributed by atoms with E-state index in [2.05, 4.69) is 51.8 Å². The van der Waals surface area contributed by atoms with Crippen LogP contribution in [-0.4, -0.2) is 21.0 Å². The Morgan fingerprint density at radius 3 is 2.73 bits per heavy atom. The number of pyridine rings is 1. The monoisotopic (exact) mass is 439 g/mol. The second kappa shape index (κ2) is 9.31. The zero-order valence-electron chi connectivity index (χ0n) is 17.7. The molecule has 2 aromatic heterocycles. The van der Waals surface area contributed by atoms with Crippen molar-refractivity contribution in [2.24, 2.45) is 0 Å². The summed E-state index contributed by atoms with van der Waals surface area (Å²) < 4.78 is 0. The van der Waals surface area contributed by atoms with Gasteiger partial charge < -0.3 is 15.2 Å². The summed E-state index contributed by atoms with van der Waals surface area (Å²) in [6.45, 7) is 5.33. The summed E-state index contributed by atoms with van der Waals surface area (Å²) >= 11 is 7.54. The standard InChI is InChI=1S/C24H29N3OS2/c1-16-11-17(2)22-18(12-16)13-19(23(28)26-22)14-27(15-21-9-6-10-30-21)24(29)25-20-7-4-3-5-8-20/h6,9-13,20H,3-5,7-8,14-15H2,1-2H3,(H,25,29)(H,26,28). The Morgan fingerprint density at radius 1 is 1.20 bits per heavy atom. The van der Waals surface area contributed by atoms with Crippen molar-refractivity contribution in [3.63, 3.8) is 0 Å². The van der Waals surface area contributed by atoms with Gasteiger partial charge in [0.05, 0.1) is 18.6 Å². The van der Waals surface area contributed by atoms with Crippen LogP contribution in [-0.2, 0) is 13.1 Å².